The number of halogens is 2. The van der Waals surface area contributed by atoms with Gasteiger partial charge in [0.25, 0.3) is 5.91 Å². The number of rotatable bonds is 3. The summed E-state index contributed by atoms with van der Waals surface area (Å²) in [5.41, 5.74) is 2.00. The van der Waals surface area contributed by atoms with Crippen LogP contribution < -0.4 is 5.32 Å². The summed E-state index contributed by atoms with van der Waals surface area (Å²) in [6.45, 7) is 1.95. The predicted molar refractivity (Wildman–Crippen MR) is 102 cm³/mol. The van der Waals surface area contributed by atoms with Crippen molar-refractivity contribution in [1.82, 2.24) is 0 Å². The van der Waals surface area contributed by atoms with Crippen LogP contribution in [0.4, 0.5) is 5.69 Å². The van der Waals surface area contributed by atoms with Crippen LogP contribution in [0.2, 0.25) is 0 Å². The topological polar surface area (TPSA) is 73.1 Å². The number of nitrogens with zero attached hydrogens (tertiary/aromatic N) is 1. The van der Waals surface area contributed by atoms with Crippen LogP contribution in [0.15, 0.2) is 46.4 Å². The molecular weight excluding hydrogens is 471 g/mol. The zero-order valence-corrected chi connectivity index (χ0v) is 15.8. The van der Waals surface area contributed by atoms with Gasteiger partial charge in [0.05, 0.1) is 3.57 Å². The summed E-state index contributed by atoms with van der Waals surface area (Å²) in [6, 6.07) is 12.5. The fraction of sp³-hybridized carbons (Fsp3) is 0.0588. The molecule has 0 aliphatic heterocycles. The molecule has 0 spiro atoms. The highest BCUT2D eigenvalue weighted by atomic mass is 127. The fourth-order valence-corrected chi connectivity index (χ4v) is 3.39. The summed E-state index contributed by atoms with van der Waals surface area (Å²) < 4.78 is 1.38. The van der Waals surface area contributed by atoms with Gasteiger partial charge in [-0.15, -0.1) is 0 Å². The van der Waals surface area contributed by atoms with Gasteiger partial charge in [0, 0.05) is 15.7 Å². The van der Waals surface area contributed by atoms with Gasteiger partial charge in [-0.2, -0.15) is 5.26 Å². The largest absolute Gasteiger partial charge is 0.506 e. The first-order valence-electron chi connectivity index (χ1n) is 6.58. The molecule has 0 radical (unpaired) electrons. The van der Waals surface area contributed by atoms with Gasteiger partial charge < -0.3 is 10.4 Å². The van der Waals surface area contributed by atoms with E-state index in [1.54, 1.807) is 24.3 Å². The minimum atomic E-state index is -0.522. The van der Waals surface area contributed by atoms with Crippen LogP contribution in [0.5, 0.6) is 5.75 Å². The molecule has 0 heterocycles. The molecule has 0 bridgehead atoms. The van der Waals surface area contributed by atoms with Crippen LogP contribution in [0.25, 0.3) is 6.08 Å². The number of benzene rings is 2. The first kappa shape index (κ1) is 17.5. The smallest absolute Gasteiger partial charge is 0.266 e. The Hall–Kier alpha value is -1.85. The van der Waals surface area contributed by atoms with E-state index >= 15 is 0 Å². The molecule has 0 saturated heterocycles. The van der Waals surface area contributed by atoms with E-state index in [1.807, 2.05) is 47.7 Å². The van der Waals surface area contributed by atoms with Gasteiger partial charge in [-0.1, -0.05) is 33.6 Å². The molecule has 2 rings (SSSR count). The van der Waals surface area contributed by atoms with E-state index in [2.05, 4.69) is 21.2 Å². The second-order valence-electron chi connectivity index (χ2n) is 4.82. The first-order valence-corrected chi connectivity index (χ1v) is 8.45. The maximum Gasteiger partial charge on any atom is 0.266 e. The van der Waals surface area contributed by atoms with E-state index in [4.69, 9.17) is 0 Å². The normalized spacial score (nSPS) is 11.0. The number of carbonyl (C=O) groups is 1. The summed E-state index contributed by atoms with van der Waals surface area (Å²) in [6.07, 6.45) is 1.37. The van der Waals surface area contributed by atoms with Crippen LogP contribution in [0.1, 0.15) is 11.1 Å². The summed E-state index contributed by atoms with van der Waals surface area (Å²) in [7, 11) is 0. The molecule has 0 aliphatic rings. The number of carbonyl (C=O) groups excluding carboxylic acids is 1. The average molecular weight is 483 g/mol. The molecule has 2 aromatic carbocycles. The SMILES string of the molecule is Cc1ccc(NC(=O)C(C#N)=Cc2cc(Br)cc(I)c2O)cc1. The minimum Gasteiger partial charge on any atom is -0.506 e. The maximum absolute atomic E-state index is 12.2. The summed E-state index contributed by atoms with van der Waals surface area (Å²) in [5.74, 6) is -0.490. The number of aryl methyl sites for hydroxylation is 1. The number of anilines is 1. The molecule has 0 atom stereocenters. The highest BCUT2D eigenvalue weighted by molar-refractivity contribution is 14.1. The molecule has 2 N–H and O–H groups in total. The van der Waals surface area contributed by atoms with E-state index in [1.165, 1.54) is 6.08 Å². The van der Waals surface area contributed by atoms with Gasteiger partial charge in [-0.25, -0.2) is 0 Å². The van der Waals surface area contributed by atoms with E-state index in [0.717, 1.165) is 10.0 Å². The molecule has 0 aliphatic carbocycles. The van der Waals surface area contributed by atoms with Crippen molar-refractivity contribution < 1.29 is 9.90 Å². The number of phenols is 1. The summed E-state index contributed by atoms with van der Waals surface area (Å²) in [5, 5.41) is 22.0. The van der Waals surface area contributed by atoms with Gasteiger partial charge in [0.2, 0.25) is 0 Å². The van der Waals surface area contributed by atoms with Crippen molar-refractivity contribution in [2.45, 2.75) is 6.92 Å². The number of amides is 1. The lowest BCUT2D eigenvalue weighted by Crippen LogP contribution is -2.13. The third-order valence-corrected chi connectivity index (χ3v) is 4.31. The van der Waals surface area contributed by atoms with Crippen LogP contribution in [0, 0.1) is 21.8 Å². The standard InChI is InChI=1S/C17H12BrIN2O2/c1-10-2-4-14(5-3-10)21-17(23)12(9-20)6-11-7-13(18)8-15(19)16(11)22/h2-8,22H,1H3,(H,21,23). The molecule has 0 saturated carbocycles. The van der Waals surface area contributed by atoms with Crippen molar-refractivity contribution in [3.05, 3.63) is 61.1 Å². The van der Waals surface area contributed by atoms with Crippen molar-refractivity contribution in [2.75, 3.05) is 5.32 Å². The number of hydrogen-bond acceptors (Lipinski definition) is 3. The molecule has 2 aromatic rings. The van der Waals surface area contributed by atoms with E-state index in [-0.39, 0.29) is 11.3 Å². The molecule has 23 heavy (non-hydrogen) atoms. The van der Waals surface area contributed by atoms with Gasteiger partial charge in [-0.05, 0) is 59.9 Å². The average Bonchev–Trinajstić information content (AvgIpc) is 2.51. The third-order valence-electron chi connectivity index (χ3n) is 3.03. The molecule has 0 aromatic heterocycles. The zero-order chi connectivity index (χ0) is 17.0. The third kappa shape index (κ3) is 4.56. The van der Waals surface area contributed by atoms with Gasteiger partial charge in [0.1, 0.15) is 17.4 Å². The van der Waals surface area contributed by atoms with E-state index < -0.39 is 5.91 Å². The quantitative estimate of drug-likeness (QED) is 0.381. The molecule has 1 amide bonds. The number of aromatic hydroxyl groups is 1. The molecule has 0 fully saturated rings. The second-order valence-corrected chi connectivity index (χ2v) is 6.89. The van der Waals surface area contributed by atoms with Crippen molar-refractivity contribution in [3.8, 4) is 11.8 Å². The summed E-state index contributed by atoms with van der Waals surface area (Å²) >= 11 is 5.31. The van der Waals surface area contributed by atoms with E-state index in [9.17, 15) is 15.2 Å². The van der Waals surface area contributed by atoms with Gasteiger partial charge in [0.15, 0.2) is 0 Å². The number of hydrogen-bond donors (Lipinski definition) is 2. The molecular formula is C17H12BrIN2O2. The maximum atomic E-state index is 12.2. The van der Waals surface area contributed by atoms with Crippen LogP contribution in [0.3, 0.4) is 0 Å². The van der Waals surface area contributed by atoms with Crippen molar-refractivity contribution in [2.24, 2.45) is 0 Å². The van der Waals surface area contributed by atoms with Gasteiger partial charge in [-0.3, -0.25) is 4.79 Å². The second kappa shape index (κ2) is 7.62. The Balaban J connectivity index is 2.30. The van der Waals surface area contributed by atoms with Gasteiger partial charge >= 0.3 is 0 Å². The Labute approximate surface area is 156 Å². The Kier molecular flexibility index (Phi) is 5.80. The lowest BCUT2D eigenvalue weighted by atomic mass is 10.1. The van der Waals surface area contributed by atoms with Crippen LogP contribution >= 0.6 is 38.5 Å². The van der Waals surface area contributed by atoms with Crippen molar-refractivity contribution in [1.29, 1.82) is 5.26 Å². The lowest BCUT2D eigenvalue weighted by molar-refractivity contribution is -0.112. The Morgan fingerprint density at radius 2 is 2.00 bits per heavy atom. The minimum absolute atomic E-state index is 0.0321. The Bertz CT molecular complexity index is 824. The molecule has 116 valence electrons. The fourth-order valence-electron chi connectivity index (χ4n) is 1.84. The highest BCUT2D eigenvalue weighted by Crippen LogP contribution is 2.30. The Morgan fingerprint density at radius 3 is 2.61 bits per heavy atom. The highest BCUT2D eigenvalue weighted by Gasteiger charge is 2.12. The summed E-state index contributed by atoms with van der Waals surface area (Å²) in [4.78, 5) is 12.2. The number of phenolic OH excluding ortho intramolecular Hbond substituents is 1. The molecule has 6 heteroatoms. The first-order chi connectivity index (χ1) is 10.9. The predicted octanol–water partition coefficient (Wildman–Crippen LogP) is 4.61. The number of nitriles is 1. The monoisotopic (exact) mass is 482 g/mol. The van der Waals surface area contributed by atoms with Crippen LogP contribution in [-0.4, -0.2) is 11.0 Å². The molecule has 4 nitrogen and oxygen atoms in total. The lowest BCUT2D eigenvalue weighted by Gasteiger charge is -2.06. The molecule has 0 unspecified atom stereocenters. The van der Waals surface area contributed by atoms with E-state index in [0.29, 0.717) is 14.8 Å². The number of nitrogens with one attached hydrogen (secondary N) is 1. The van der Waals surface area contributed by atoms with Crippen molar-refractivity contribution >= 4 is 56.2 Å². The van der Waals surface area contributed by atoms with Crippen molar-refractivity contribution in [3.63, 3.8) is 0 Å². The Morgan fingerprint density at radius 1 is 1.35 bits per heavy atom. The zero-order valence-electron chi connectivity index (χ0n) is 12.1. The van der Waals surface area contributed by atoms with Crippen LogP contribution in [-0.2, 0) is 4.79 Å².